The van der Waals surface area contributed by atoms with Crippen molar-refractivity contribution in [2.24, 2.45) is 0 Å². The standard InChI is InChI=1S/C16H22N4O/c1-11-16(18-12-6-8-20(2)9-7-12)19-14-5-4-13(21-3)10-15(14)17-11/h4-5,10,12H,6-9H2,1-3H3,(H,18,19). The van der Waals surface area contributed by atoms with Gasteiger partial charge in [0.2, 0.25) is 0 Å². The summed E-state index contributed by atoms with van der Waals surface area (Å²) in [6, 6.07) is 6.30. The lowest BCUT2D eigenvalue weighted by molar-refractivity contribution is 0.263. The zero-order valence-electron chi connectivity index (χ0n) is 12.9. The van der Waals surface area contributed by atoms with Gasteiger partial charge in [-0.2, -0.15) is 0 Å². The van der Waals surface area contributed by atoms with Gasteiger partial charge >= 0.3 is 0 Å². The molecule has 1 N–H and O–H groups in total. The molecule has 2 heterocycles. The van der Waals surface area contributed by atoms with Gasteiger partial charge in [0.05, 0.1) is 23.8 Å². The Kier molecular flexibility index (Phi) is 3.92. The van der Waals surface area contributed by atoms with Crippen LogP contribution in [-0.4, -0.2) is 48.2 Å². The van der Waals surface area contributed by atoms with Gasteiger partial charge in [-0.15, -0.1) is 0 Å². The van der Waals surface area contributed by atoms with E-state index in [4.69, 9.17) is 9.72 Å². The van der Waals surface area contributed by atoms with Crippen LogP contribution in [0, 0.1) is 6.92 Å². The lowest BCUT2D eigenvalue weighted by Gasteiger charge is -2.30. The molecule has 0 amide bonds. The first-order valence-corrected chi connectivity index (χ1v) is 7.43. The molecule has 5 heteroatoms. The Hall–Kier alpha value is -1.88. The molecule has 0 unspecified atom stereocenters. The Bertz CT molecular complexity index is 635. The third-order valence-electron chi connectivity index (χ3n) is 4.11. The summed E-state index contributed by atoms with van der Waals surface area (Å²) in [5.74, 6) is 1.72. The molecule has 1 aromatic heterocycles. The number of aryl methyl sites for hydroxylation is 1. The molecular weight excluding hydrogens is 264 g/mol. The van der Waals surface area contributed by atoms with Crippen LogP contribution in [0.1, 0.15) is 18.5 Å². The van der Waals surface area contributed by atoms with Gasteiger partial charge in [-0.3, -0.25) is 0 Å². The van der Waals surface area contributed by atoms with Crippen LogP contribution in [-0.2, 0) is 0 Å². The van der Waals surface area contributed by atoms with E-state index in [2.05, 4.69) is 22.2 Å². The van der Waals surface area contributed by atoms with Crippen LogP contribution in [0.25, 0.3) is 11.0 Å². The minimum atomic E-state index is 0.491. The van der Waals surface area contributed by atoms with Crippen molar-refractivity contribution in [3.8, 4) is 5.75 Å². The summed E-state index contributed by atoms with van der Waals surface area (Å²) >= 11 is 0. The zero-order valence-corrected chi connectivity index (χ0v) is 12.9. The average molecular weight is 286 g/mol. The van der Waals surface area contributed by atoms with Crippen molar-refractivity contribution >= 4 is 16.9 Å². The summed E-state index contributed by atoms with van der Waals surface area (Å²) in [6.45, 7) is 4.27. The number of hydrogen-bond donors (Lipinski definition) is 1. The largest absolute Gasteiger partial charge is 0.497 e. The third kappa shape index (κ3) is 3.08. The molecule has 1 aromatic carbocycles. The fourth-order valence-corrected chi connectivity index (χ4v) is 2.73. The maximum atomic E-state index is 5.24. The van der Waals surface area contributed by atoms with Gasteiger partial charge in [-0.05, 0) is 52.0 Å². The number of rotatable bonds is 3. The molecule has 0 atom stereocenters. The van der Waals surface area contributed by atoms with Gasteiger partial charge in [0, 0.05) is 12.1 Å². The van der Waals surface area contributed by atoms with Crippen molar-refractivity contribution in [1.29, 1.82) is 0 Å². The van der Waals surface area contributed by atoms with Crippen molar-refractivity contribution in [3.05, 3.63) is 23.9 Å². The number of piperidine rings is 1. The predicted octanol–water partition coefficient (Wildman–Crippen LogP) is 2.45. The summed E-state index contributed by atoms with van der Waals surface area (Å²) in [6.07, 6.45) is 2.30. The molecule has 112 valence electrons. The van der Waals surface area contributed by atoms with E-state index in [0.29, 0.717) is 6.04 Å². The van der Waals surface area contributed by atoms with Gasteiger partial charge in [0.15, 0.2) is 0 Å². The number of aromatic nitrogens is 2. The lowest BCUT2D eigenvalue weighted by atomic mass is 10.1. The van der Waals surface area contributed by atoms with Crippen molar-refractivity contribution in [1.82, 2.24) is 14.9 Å². The number of likely N-dealkylation sites (tertiary alicyclic amines) is 1. The van der Waals surface area contributed by atoms with Crippen LogP contribution in [0.5, 0.6) is 5.75 Å². The van der Waals surface area contributed by atoms with Crippen LogP contribution < -0.4 is 10.1 Å². The summed E-state index contributed by atoms with van der Waals surface area (Å²) in [4.78, 5) is 11.7. The monoisotopic (exact) mass is 286 g/mol. The van der Waals surface area contributed by atoms with Gasteiger partial charge in [-0.1, -0.05) is 0 Å². The van der Waals surface area contributed by atoms with Gasteiger partial charge in [0.25, 0.3) is 0 Å². The molecule has 0 radical (unpaired) electrons. The van der Waals surface area contributed by atoms with Gasteiger partial charge < -0.3 is 15.0 Å². The molecule has 0 spiro atoms. The Morgan fingerprint density at radius 1 is 1.19 bits per heavy atom. The number of ether oxygens (including phenoxy) is 1. The highest BCUT2D eigenvalue weighted by atomic mass is 16.5. The number of methoxy groups -OCH3 is 1. The number of anilines is 1. The second kappa shape index (κ2) is 5.85. The molecular formula is C16H22N4O. The maximum absolute atomic E-state index is 5.24. The Labute approximate surface area is 125 Å². The van der Waals surface area contributed by atoms with E-state index in [1.165, 1.54) is 0 Å². The maximum Gasteiger partial charge on any atom is 0.148 e. The topological polar surface area (TPSA) is 50.3 Å². The van der Waals surface area contributed by atoms with Crippen molar-refractivity contribution < 1.29 is 4.74 Å². The van der Waals surface area contributed by atoms with E-state index in [0.717, 1.165) is 54.2 Å². The van der Waals surface area contributed by atoms with Crippen LogP contribution in [0.4, 0.5) is 5.82 Å². The fraction of sp³-hybridized carbons (Fsp3) is 0.500. The minimum Gasteiger partial charge on any atom is -0.497 e. The van der Waals surface area contributed by atoms with Crippen molar-refractivity contribution in [3.63, 3.8) is 0 Å². The number of fused-ring (bicyclic) bond motifs is 1. The van der Waals surface area contributed by atoms with Gasteiger partial charge in [0.1, 0.15) is 11.6 Å². The first-order chi connectivity index (χ1) is 10.2. The molecule has 21 heavy (non-hydrogen) atoms. The van der Waals surface area contributed by atoms with Crippen LogP contribution in [0.15, 0.2) is 18.2 Å². The number of nitrogens with one attached hydrogen (secondary N) is 1. The average Bonchev–Trinajstić information content (AvgIpc) is 2.50. The minimum absolute atomic E-state index is 0.491. The quantitative estimate of drug-likeness (QED) is 0.939. The van der Waals surface area contributed by atoms with Crippen LogP contribution in [0.2, 0.25) is 0 Å². The Morgan fingerprint density at radius 2 is 1.95 bits per heavy atom. The van der Waals surface area contributed by atoms with E-state index >= 15 is 0 Å². The van der Waals surface area contributed by atoms with Crippen LogP contribution >= 0.6 is 0 Å². The lowest BCUT2D eigenvalue weighted by Crippen LogP contribution is -2.37. The third-order valence-corrected chi connectivity index (χ3v) is 4.11. The Balaban J connectivity index is 1.83. The van der Waals surface area contributed by atoms with Gasteiger partial charge in [-0.25, -0.2) is 9.97 Å². The molecule has 2 aromatic rings. The van der Waals surface area contributed by atoms with Crippen LogP contribution in [0.3, 0.4) is 0 Å². The zero-order chi connectivity index (χ0) is 14.8. The fourth-order valence-electron chi connectivity index (χ4n) is 2.73. The predicted molar refractivity (Wildman–Crippen MR) is 85.0 cm³/mol. The van der Waals surface area contributed by atoms with Crippen molar-refractivity contribution in [2.45, 2.75) is 25.8 Å². The smallest absolute Gasteiger partial charge is 0.148 e. The summed E-state index contributed by atoms with van der Waals surface area (Å²) in [5.41, 5.74) is 2.72. The molecule has 3 rings (SSSR count). The molecule has 1 fully saturated rings. The highest BCUT2D eigenvalue weighted by Gasteiger charge is 2.18. The first kappa shape index (κ1) is 14.1. The van der Waals surface area contributed by atoms with E-state index in [9.17, 15) is 0 Å². The number of hydrogen-bond acceptors (Lipinski definition) is 5. The Morgan fingerprint density at radius 3 is 2.67 bits per heavy atom. The molecule has 5 nitrogen and oxygen atoms in total. The number of nitrogens with zero attached hydrogens (tertiary/aromatic N) is 3. The van der Waals surface area contributed by atoms with E-state index in [1.54, 1.807) is 7.11 Å². The normalized spacial score (nSPS) is 17.1. The van der Waals surface area contributed by atoms with E-state index in [-0.39, 0.29) is 0 Å². The summed E-state index contributed by atoms with van der Waals surface area (Å²) < 4.78 is 5.24. The molecule has 0 saturated carbocycles. The molecule has 0 aliphatic carbocycles. The second-order valence-electron chi connectivity index (χ2n) is 5.73. The van der Waals surface area contributed by atoms with E-state index < -0.39 is 0 Å². The first-order valence-electron chi connectivity index (χ1n) is 7.43. The molecule has 1 aliphatic rings. The highest BCUT2D eigenvalue weighted by Crippen LogP contribution is 2.22. The van der Waals surface area contributed by atoms with E-state index in [1.807, 2.05) is 25.1 Å². The molecule has 0 bridgehead atoms. The summed E-state index contributed by atoms with van der Waals surface area (Å²) in [5, 5.41) is 3.56. The van der Waals surface area contributed by atoms with Crippen molar-refractivity contribution in [2.75, 3.05) is 32.6 Å². The number of benzene rings is 1. The SMILES string of the molecule is COc1ccc2nc(NC3CCN(C)CC3)c(C)nc2c1. The molecule has 1 saturated heterocycles. The summed E-state index contributed by atoms with van der Waals surface area (Å²) in [7, 11) is 3.84. The highest BCUT2D eigenvalue weighted by molar-refractivity contribution is 5.78. The molecule has 1 aliphatic heterocycles. The second-order valence-corrected chi connectivity index (χ2v) is 5.73.